The van der Waals surface area contributed by atoms with Crippen molar-refractivity contribution < 1.29 is 13.9 Å². The van der Waals surface area contributed by atoms with Crippen LogP contribution in [0, 0.1) is 17.7 Å². The highest BCUT2D eigenvalue weighted by Crippen LogP contribution is 2.44. The van der Waals surface area contributed by atoms with Crippen molar-refractivity contribution >= 4 is 5.91 Å². The van der Waals surface area contributed by atoms with Gasteiger partial charge in [0.05, 0.1) is 7.11 Å². The molecule has 0 unspecified atom stereocenters. The van der Waals surface area contributed by atoms with Crippen LogP contribution in [0.4, 0.5) is 4.39 Å². The molecule has 3 aliphatic rings. The van der Waals surface area contributed by atoms with Gasteiger partial charge in [0.25, 0.3) is 0 Å². The monoisotopic (exact) mass is 436 g/mol. The van der Waals surface area contributed by atoms with Crippen molar-refractivity contribution in [2.75, 3.05) is 26.7 Å². The number of fused-ring (bicyclic) bond motifs is 1. The number of likely N-dealkylation sites (tertiary alicyclic amines) is 2. The Hall–Kier alpha value is -2.40. The molecule has 2 aromatic rings. The Bertz CT molecular complexity index is 941. The molecule has 1 aliphatic carbocycles. The van der Waals surface area contributed by atoms with Crippen LogP contribution in [-0.2, 0) is 11.3 Å². The summed E-state index contributed by atoms with van der Waals surface area (Å²) in [5, 5.41) is 0. The van der Waals surface area contributed by atoms with Crippen LogP contribution in [-0.4, -0.2) is 48.5 Å². The molecule has 0 bridgehead atoms. The predicted octanol–water partition coefficient (Wildman–Crippen LogP) is 4.84. The third kappa shape index (κ3) is 4.27. The van der Waals surface area contributed by atoms with Gasteiger partial charge in [-0.25, -0.2) is 4.39 Å². The van der Waals surface area contributed by atoms with E-state index in [1.54, 1.807) is 19.2 Å². The largest absolute Gasteiger partial charge is 0.497 e. The molecule has 0 N–H and O–H groups in total. The minimum atomic E-state index is -0.192. The molecule has 1 amide bonds. The zero-order valence-corrected chi connectivity index (χ0v) is 18.9. The fraction of sp³-hybridized carbons (Fsp3) is 0.519. The number of ether oxygens (including phenoxy) is 1. The lowest BCUT2D eigenvalue weighted by molar-refractivity contribution is -0.137. The second kappa shape index (κ2) is 9.22. The van der Waals surface area contributed by atoms with Crippen molar-refractivity contribution in [1.82, 2.24) is 9.80 Å². The molecule has 32 heavy (non-hydrogen) atoms. The molecule has 5 heteroatoms. The highest BCUT2D eigenvalue weighted by atomic mass is 19.1. The number of carbonyl (C=O) groups is 1. The van der Waals surface area contributed by atoms with Gasteiger partial charge in [0, 0.05) is 50.0 Å². The van der Waals surface area contributed by atoms with Gasteiger partial charge in [-0.05, 0) is 54.7 Å². The van der Waals surface area contributed by atoms with Crippen molar-refractivity contribution in [2.24, 2.45) is 11.8 Å². The number of carbonyl (C=O) groups excluding carboxylic acids is 1. The second-order valence-electron chi connectivity index (χ2n) is 9.74. The molecular formula is C27H33FN2O2. The summed E-state index contributed by atoms with van der Waals surface area (Å²) in [6.45, 7) is 3.56. The number of rotatable bonds is 5. The molecule has 3 fully saturated rings. The van der Waals surface area contributed by atoms with Crippen LogP contribution in [0.3, 0.4) is 0 Å². The first kappa shape index (κ1) is 21.4. The van der Waals surface area contributed by atoms with Gasteiger partial charge in [0.2, 0.25) is 5.91 Å². The molecule has 2 saturated heterocycles. The summed E-state index contributed by atoms with van der Waals surface area (Å²) >= 11 is 0. The van der Waals surface area contributed by atoms with Crippen molar-refractivity contribution in [3.05, 3.63) is 65.5 Å². The third-order valence-electron chi connectivity index (χ3n) is 7.84. The van der Waals surface area contributed by atoms with Crippen LogP contribution in [0.5, 0.6) is 5.75 Å². The molecular weight excluding hydrogens is 403 g/mol. The van der Waals surface area contributed by atoms with Crippen LogP contribution < -0.4 is 4.74 Å². The minimum absolute atomic E-state index is 0.192. The molecule has 0 spiro atoms. The Labute approximate surface area is 190 Å². The van der Waals surface area contributed by atoms with Gasteiger partial charge in [-0.1, -0.05) is 37.1 Å². The van der Waals surface area contributed by atoms with Gasteiger partial charge in [-0.2, -0.15) is 0 Å². The van der Waals surface area contributed by atoms with Gasteiger partial charge in [0.15, 0.2) is 0 Å². The maximum absolute atomic E-state index is 13.5. The molecule has 3 atom stereocenters. The fourth-order valence-electron chi connectivity index (χ4n) is 6.18. The Morgan fingerprint density at radius 1 is 1.06 bits per heavy atom. The first-order valence-corrected chi connectivity index (χ1v) is 12.0. The molecule has 170 valence electrons. The molecule has 2 aromatic carbocycles. The number of halogens is 1. The highest BCUT2D eigenvalue weighted by molar-refractivity contribution is 5.80. The maximum Gasteiger partial charge on any atom is 0.225 e. The minimum Gasteiger partial charge on any atom is -0.497 e. The number of benzene rings is 2. The van der Waals surface area contributed by atoms with Crippen LogP contribution >= 0.6 is 0 Å². The summed E-state index contributed by atoms with van der Waals surface area (Å²) in [6.07, 6.45) is 5.47. The lowest BCUT2D eigenvalue weighted by Crippen LogP contribution is -2.48. The number of hydrogen-bond acceptors (Lipinski definition) is 3. The average molecular weight is 437 g/mol. The predicted molar refractivity (Wildman–Crippen MR) is 123 cm³/mol. The van der Waals surface area contributed by atoms with Gasteiger partial charge in [0.1, 0.15) is 11.6 Å². The van der Waals surface area contributed by atoms with Crippen molar-refractivity contribution in [3.8, 4) is 5.75 Å². The quantitative estimate of drug-likeness (QED) is 0.672. The lowest BCUT2D eigenvalue weighted by atomic mass is 9.81. The number of amides is 1. The number of piperidine rings is 1. The molecule has 0 radical (unpaired) electrons. The summed E-state index contributed by atoms with van der Waals surface area (Å²) in [6, 6.07) is 15.5. The van der Waals surface area contributed by atoms with Crippen molar-refractivity contribution in [3.63, 3.8) is 0 Å². The molecule has 0 aromatic heterocycles. The molecule has 4 nitrogen and oxygen atoms in total. The first-order chi connectivity index (χ1) is 15.6. The summed E-state index contributed by atoms with van der Waals surface area (Å²) in [5.41, 5.74) is 2.41. The van der Waals surface area contributed by atoms with E-state index in [9.17, 15) is 9.18 Å². The standard InChI is InChI=1S/C27H33FN2O2/c1-32-23-8-4-7-21(15-23)24-18-30(27(31)20-5-2-3-6-20)26-13-14-29(17-25(24)26)16-19-9-11-22(28)12-10-19/h4,7-12,15,20,24-26H,2-3,5-6,13-14,16-18H2,1H3/t24-,25-,26-/m1/s1. The Kier molecular flexibility index (Phi) is 6.18. The smallest absolute Gasteiger partial charge is 0.225 e. The third-order valence-corrected chi connectivity index (χ3v) is 7.84. The molecule has 2 heterocycles. The van der Waals surface area contributed by atoms with E-state index in [1.165, 1.54) is 18.4 Å². The van der Waals surface area contributed by atoms with Crippen LogP contribution in [0.2, 0.25) is 0 Å². The summed E-state index contributed by atoms with van der Waals surface area (Å²) in [5.74, 6) is 2.01. The maximum atomic E-state index is 13.5. The lowest BCUT2D eigenvalue weighted by Gasteiger charge is -2.39. The van der Waals surface area contributed by atoms with Crippen LogP contribution in [0.25, 0.3) is 0 Å². The van der Waals surface area contributed by atoms with Crippen LogP contribution in [0.1, 0.15) is 49.1 Å². The summed E-state index contributed by atoms with van der Waals surface area (Å²) in [4.78, 5) is 18.2. The van der Waals surface area contributed by atoms with Crippen molar-refractivity contribution in [2.45, 2.75) is 50.6 Å². The highest BCUT2D eigenvalue weighted by Gasteiger charge is 2.48. The number of methoxy groups -OCH3 is 1. The second-order valence-corrected chi connectivity index (χ2v) is 9.74. The fourth-order valence-corrected chi connectivity index (χ4v) is 6.18. The SMILES string of the molecule is COc1cccc([C@H]2CN(C(=O)C3CCCC3)[C@@H]3CCN(Cc4ccc(F)cc4)C[C@H]23)c1. The van der Waals surface area contributed by atoms with Gasteiger partial charge in [-0.15, -0.1) is 0 Å². The first-order valence-electron chi connectivity index (χ1n) is 12.0. The molecule has 2 aliphatic heterocycles. The van der Waals surface area contributed by atoms with Gasteiger partial charge in [-0.3, -0.25) is 9.69 Å². The molecule has 5 rings (SSSR count). The van der Waals surface area contributed by atoms with E-state index in [1.807, 2.05) is 18.2 Å². The Balaban J connectivity index is 1.38. The van der Waals surface area contributed by atoms with E-state index in [4.69, 9.17) is 4.74 Å². The topological polar surface area (TPSA) is 32.8 Å². The van der Waals surface area contributed by atoms with Gasteiger partial charge < -0.3 is 9.64 Å². The number of hydrogen-bond donors (Lipinski definition) is 0. The van der Waals surface area contributed by atoms with E-state index in [2.05, 4.69) is 28.0 Å². The Morgan fingerprint density at radius 3 is 2.59 bits per heavy atom. The van der Waals surface area contributed by atoms with E-state index < -0.39 is 0 Å². The zero-order valence-electron chi connectivity index (χ0n) is 18.9. The van der Waals surface area contributed by atoms with Crippen molar-refractivity contribution in [1.29, 1.82) is 0 Å². The van der Waals surface area contributed by atoms with E-state index >= 15 is 0 Å². The summed E-state index contributed by atoms with van der Waals surface area (Å²) < 4.78 is 18.8. The molecule has 1 saturated carbocycles. The average Bonchev–Trinajstić information content (AvgIpc) is 3.49. The van der Waals surface area contributed by atoms with E-state index in [0.717, 1.165) is 56.8 Å². The van der Waals surface area contributed by atoms with E-state index in [0.29, 0.717) is 23.8 Å². The normalized spacial score (nSPS) is 26.3. The summed E-state index contributed by atoms with van der Waals surface area (Å²) in [7, 11) is 1.71. The Morgan fingerprint density at radius 2 is 1.84 bits per heavy atom. The zero-order chi connectivity index (χ0) is 22.1. The van der Waals surface area contributed by atoms with E-state index in [-0.39, 0.29) is 11.7 Å². The van der Waals surface area contributed by atoms with Crippen LogP contribution in [0.15, 0.2) is 48.5 Å². The van der Waals surface area contributed by atoms with Gasteiger partial charge >= 0.3 is 0 Å². The number of nitrogens with zero attached hydrogens (tertiary/aromatic N) is 2.